The predicted octanol–water partition coefficient (Wildman–Crippen LogP) is 6.73. The minimum atomic E-state index is 0.161. The Balaban J connectivity index is 1.56. The second-order valence-corrected chi connectivity index (χ2v) is 8.64. The molecule has 0 unspecified atom stereocenters. The van der Waals surface area contributed by atoms with Crippen LogP contribution in [0.2, 0.25) is 0 Å². The third-order valence-electron chi connectivity index (χ3n) is 5.54. The molecule has 4 rings (SSSR count). The van der Waals surface area contributed by atoms with Crippen LogP contribution in [-0.4, -0.2) is 24.4 Å². The van der Waals surface area contributed by atoms with E-state index in [9.17, 15) is 0 Å². The Labute approximate surface area is 183 Å². The van der Waals surface area contributed by atoms with Gasteiger partial charge in [-0.15, -0.1) is 0 Å². The van der Waals surface area contributed by atoms with Gasteiger partial charge in [0.2, 0.25) is 0 Å². The summed E-state index contributed by atoms with van der Waals surface area (Å²) >= 11 is 0. The molecular formula is C27H28N2O2. The third kappa shape index (κ3) is 4.33. The smallest absolute Gasteiger partial charge is 0.161 e. The summed E-state index contributed by atoms with van der Waals surface area (Å²) in [5.41, 5.74) is 7.81. The fourth-order valence-electron chi connectivity index (χ4n) is 3.62. The molecule has 0 saturated carbocycles. The summed E-state index contributed by atoms with van der Waals surface area (Å²) in [5.74, 6) is 1.39. The number of aromatic amines is 1. The fraction of sp³-hybridized carbons (Fsp3) is 0.222. The summed E-state index contributed by atoms with van der Waals surface area (Å²) in [6.45, 7) is 6.70. The zero-order valence-electron chi connectivity index (χ0n) is 18.7. The van der Waals surface area contributed by atoms with Crippen LogP contribution in [0, 0.1) is 0 Å². The number of ether oxygens (including phenoxy) is 2. The van der Waals surface area contributed by atoms with E-state index in [1.807, 2.05) is 24.3 Å². The number of nitrogens with one attached hydrogen (secondary N) is 1. The molecule has 1 aromatic heterocycles. The van der Waals surface area contributed by atoms with Crippen molar-refractivity contribution in [3.05, 3.63) is 78.4 Å². The van der Waals surface area contributed by atoms with Gasteiger partial charge in [0.1, 0.15) is 0 Å². The lowest BCUT2D eigenvalue weighted by Gasteiger charge is -2.19. The average molecular weight is 413 g/mol. The first-order valence-corrected chi connectivity index (χ1v) is 10.4. The van der Waals surface area contributed by atoms with Crippen LogP contribution in [-0.2, 0) is 5.41 Å². The molecule has 4 heteroatoms. The molecular weight excluding hydrogens is 384 g/mol. The van der Waals surface area contributed by atoms with Crippen molar-refractivity contribution in [1.82, 2.24) is 10.2 Å². The highest BCUT2D eigenvalue weighted by Crippen LogP contribution is 2.33. The Morgan fingerprint density at radius 1 is 0.645 bits per heavy atom. The first-order valence-electron chi connectivity index (χ1n) is 10.4. The molecule has 0 spiro atoms. The molecule has 4 nitrogen and oxygen atoms in total. The summed E-state index contributed by atoms with van der Waals surface area (Å²) < 4.78 is 10.7. The van der Waals surface area contributed by atoms with Crippen LogP contribution in [0.25, 0.3) is 33.6 Å². The maximum Gasteiger partial charge on any atom is 0.161 e. The quantitative estimate of drug-likeness (QED) is 0.395. The largest absolute Gasteiger partial charge is 0.493 e. The van der Waals surface area contributed by atoms with Crippen LogP contribution in [0.3, 0.4) is 0 Å². The van der Waals surface area contributed by atoms with E-state index in [1.54, 1.807) is 14.2 Å². The Bertz CT molecular complexity index is 1170. The Morgan fingerprint density at radius 3 is 1.77 bits per heavy atom. The average Bonchev–Trinajstić information content (AvgIpc) is 3.28. The van der Waals surface area contributed by atoms with E-state index in [-0.39, 0.29) is 5.41 Å². The van der Waals surface area contributed by atoms with Gasteiger partial charge in [-0.05, 0) is 51.9 Å². The zero-order chi connectivity index (χ0) is 22.0. The van der Waals surface area contributed by atoms with Crippen LogP contribution in [0.1, 0.15) is 26.3 Å². The van der Waals surface area contributed by atoms with Crippen LogP contribution < -0.4 is 9.47 Å². The van der Waals surface area contributed by atoms with E-state index in [2.05, 4.69) is 79.5 Å². The zero-order valence-corrected chi connectivity index (χ0v) is 18.7. The monoisotopic (exact) mass is 412 g/mol. The minimum Gasteiger partial charge on any atom is -0.493 e. The molecule has 1 N–H and O–H groups in total. The number of hydrogen-bond acceptors (Lipinski definition) is 3. The van der Waals surface area contributed by atoms with Crippen molar-refractivity contribution in [2.45, 2.75) is 26.2 Å². The number of rotatable bonds is 5. The van der Waals surface area contributed by atoms with E-state index >= 15 is 0 Å². The van der Waals surface area contributed by atoms with E-state index in [0.717, 1.165) is 22.5 Å². The molecule has 0 aliphatic heterocycles. The lowest BCUT2D eigenvalue weighted by molar-refractivity contribution is 0.355. The van der Waals surface area contributed by atoms with Gasteiger partial charge in [-0.3, -0.25) is 5.10 Å². The molecule has 158 valence electrons. The summed E-state index contributed by atoms with van der Waals surface area (Å²) in [5, 5.41) is 7.63. The van der Waals surface area contributed by atoms with Gasteiger partial charge in [0.05, 0.1) is 25.6 Å². The molecule has 1 heterocycles. The van der Waals surface area contributed by atoms with Gasteiger partial charge < -0.3 is 9.47 Å². The maximum atomic E-state index is 5.41. The fourth-order valence-corrected chi connectivity index (χ4v) is 3.62. The molecule has 0 bridgehead atoms. The van der Waals surface area contributed by atoms with Gasteiger partial charge in [-0.25, -0.2) is 0 Å². The lowest BCUT2D eigenvalue weighted by atomic mass is 9.86. The molecule has 0 atom stereocenters. The second kappa shape index (κ2) is 8.31. The lowest BCUT2D eigenvalue weighted by Crippen LogP contribution is -2.10. The standard InChI is InChI=1S/C27H28N2O2/c1-27(2,3)22-13-10-19(11-14-22)18-6-8-20(9-7-18)23-17-24(29-28-23)21-12-15-25(30-4)26(16-21)31-5/h6-17H,1-5H3,(H,28,29). The number of nitrogens with zero attached hydrogens (tertiary/aromatic N) is 1. The molecule has 0 aliphatic carbocycles. The number of aromatic nitrogens is 2. The van der Waals surface area contributed by atoms with E-state index < -0.39 is 0 Å². The van der Waals surface area contributed by atoms with Gasteiger partial charge in [0.15, 0.2) is 11.5 Å². The van der Waals surface area contributed by atoms with Gasteiger partial charge in [-0.1, -0.05) is 69.3 Å². The Hall–Kier alpha value is -3.53. The van der Waals surface area contributed by atoms with Crippen molar-refractivity contribution in [3.63, 3.8) is 0 Å². The van der Waals surface area contributed by atoms with Crippen molar-refractivity contribution in [1.29, 1.82) is 0 Å². The number of hydrogen-bond donors (Lipinski definition) is 1. The van der Waals surface area contributed by atoms with E-state index in [0.29, 0.717) is 11.5 Å². The summed E-state index contributed by atoms with van der Waals surface area (Å²) in [7, 11) is 3.27. The van der Waals surface area contributed by atoms with Gasteiger partial charge in [0.25, 0.3) is 0 Å². The summed E-state index contributed by atoms with van der Waals surface area (Å²) in [6, 6.07) is 25.2. The molecule has 0 radical (unpaired) electrons. The van der Waals surface area contributed by atoms with Gasteiger partial charge in [-0.2, -0.15) is 5.10 Å². The second-order valence-electron chi connectivity index (χ2n) is 8.64. The number of benzene rings is 3. The Kier molecular flexibility index (Phi) is 5.55. The van der Waals surface area contributed by atoms with Crippen molar-refractivity contribution >= 4 is 0 Å². The van der Waals surface area contributed by atoms with Crippen LogP contribution in [0.4, 0.5) is 0 Å². The summed E-state index contributed by atoms with van der Waals surface area (Å²) in [6.07, 6.45) is 0. The number of methoxy groups -OCH3 is 2. The minimum absolute atomic E-state index is 0.161. The molecule has 0 saturated heterocycles. The molecule has 0 amide bonds. The van der Waals surface area contributed by atoms with E-state index in [1.165, 1.54) is 16.7 Å². The Morgan fingerprint density at radius 2 is 1.19 bits per heavy atom. The van der Waals surface area contributed by atoms with Crippen molar-refractivity contribution in [3.8, 4) is 45.1 Å². The van der Waals surface area contributed by atoms with Gasteiger partial charge >= 0.3 is 0 Å². The van der Waals surface area contributed by atoms with Gasteiger partial charge in [0, 0.05) is 5.56 Å². The predicted molar refractivity (Wildman–Crippen MR) is 127 cm³/mol. The summed E-state index contributed by atoms with van der Waals surface area (Å²) in [4.78, 5) is 0. The highest BCUT2D eigenvalue weighted by molar-refractivity contribution is 5.73. The highest BCUT2D eigenvalue weighted by Gasteiger charge is 2.13. The molecule has 3 aromatic carbocycles. The number of H-pyrrole nitrogens is 1. The van der Waals surface area contributed by atoms with Crippen LogP contribution >= 0.6 is 0 Å². The molecule has 4 aromatic rings. The molecule has 0 aliphatic rings. The van der Waals surface area contributed by atoms with Crippen molar-refractivity contribution in [2.24, 2.45) is 0 Å². The van der Waals surface area contributed by atoms with Crippen molar-refractivity contribution in [2.75, 3.05) is 14.2 Å². The maximum absolute atomic E-state index is 5.41. The molecule has 31 heavy (non-hydrogen) atoms. The third-order valence-corrected chi connectivity index (χ3v) is 5.54. The van der Waals surface area contributed by atoms with Crippen LogP contribution in [0.5, 0.6) is 11.5 Å². The van der Waals surface area contributed by atoms with E-state index in [4.69, 9.17) is 9.47 Å². The first kappa shape index (κ1) is 20.7. The SMILES string of the molecule is COc1ccc(-c2cc(-c3ccc(-c4ccc(C(C)(C)C)cc4)cc3)[nH]n2)cc1OC. The highest BCUT2D eigenvalue weighted by atomic mass is 16.5. The topological polar surface area (TPSA) is 47.1 Å². The van der Waals surface area contributed by atoms with Crippen molar-refractivity contribution < 1.29 is 9.47 Å². The van der Waals surface area contributed by atoms with Crippen LogP contribution in [0.15, 0.2) is 72.8 Å². The normalized spacial score (nSPS) is 11.4. The molecule has 0 fully saturated rings. The first-order chi connectivity index (χ1) is 14.9.